The molecule has 1 heterocycles. The summed E-state index contributed by atoms with van der Waals surface area (Å²) in [5, 5.41) is 10.4. The largest absolute Gasteiger partial charge is 0.444 e. The van der Waals surface area contributed by atoms with Crippen LogP contribution in [0.5, 0.6) is 0 Å². The van der Waals surface area contributed by atoms with Gasteiger partial charge in [-0.15, -0.1) is 35.3 Å². The average Bonchev–Trinajstić information content (AvgIpc) is 2.99. The van der Waals surface area contributed by atoms with Gasteiger partial charge in [-0.2, -0.15) is 0 Å². The van der Waals surface area contributed by atoms with Crippen molar-refractivity contribution in [2.45, 2.75) is 52.6 Å². The molecule has 0 unspecified atom stereocenters. The number of nitrogens with one attached hydrogen (secondary N) is 3. The summed E-state index contributed by atoms with van der Waals surface area (Å²) in [4.78, 5) is 21.4. The minimum atomic E-state index is -0.469. The van der Waals surface area contributed by atoms with Crippen LogP contribution in [0.1, 0.15) is 44.0 Å². The first kappa shape index (κ1) is 24.9. The molecule has 1 aromatic heterocycles. The highest BCUT2D eigenvalue weighted by Gasteiger charge is 2.15. The Morgan fingerprint density at radius 3 is 2.46 bits per heavy atom. The van der Waals surface area contributed by atoms with Crippen LogP contribution >= 0.6 is 35.3 Å². The lowest BCUT2D eigenvalue weighted by molar-refractivity contribution is 0.0527. The number of aromatic nitrogens is 1. The van der Waals surface area contributed by atoms with Gasteiger partial charge in [0.25, 0.3) is 0 Å². The topological polar surface area (TPSA) is 87.6 Å². The second-order valence-electron chi connectivity index (χ2n) is 6.53. The van der Waals surface area contributed by atoms with Gasteiger partial charge in [0.15, 0.2) is 5.96 Å². The van der Waals surface area contributed by atoms with Crippen molar-refractivity contribution in [3.63, 3.8) is 0 Å². The van der Waals surface area contributed by atoms with Crippen molar-refractivity contribution in [1.82, 2.24) is 20.9 Å². The van der Waals surface area contributed by atoms with E-state index in [9.17, 15) is 4.79 Å². The molecule has 3 N–H and O–H groups in total. The number of aryl methyl sites for hydroxylation is 1. The molecule has 0 radical (unpaired) electrons. The van der Waals surface area contributed by atoms with E-state index in [4.69, 9.17) is 4.74 Å². The summed E-state index contributed by atoms with van der Waals surface area (Å²) in [5.41, 5.74) is -0.469. The van der Waals surface area contributed by atoms with Gasteiger partial charge >= 0.3 is 6.09 Å². The molecule has 150 valence electrons. The van der Waals surface area contributed by atoms with E-state index in [1.807, 2.05) is 27.0 Å². The van der Waals surface area contributed by atoms with Crippen LogP contribution in [0.4, 0.5) is 4.79 Å². The van der Waals surface area contributed by atoms with E-state index in [0.29, 0.717) is 13.1 Å². The number of thiazole rings is 1. The molecule has 0 spiro atoms. The number of ether oxygens (including phenoxy) is 1. The van der Waals surface area contributed by atoms with Crippen molar-refractivity contribution in [2.75, 3.05) is 26.7 Å². The Labute approximate surface area is 177 Å². The number of carbonyl (C=O) groups excluding carboxylic acids is 1. The monoisotopic (exact) mass is 497 g/mol. The average molecular weight is 497 g/mol. The van der Waals surface area contributed by atoms with Crippen molar-refractivity contribution in [3.8, 4) is 0 Å². The molecule has 0 atom stereocenters. The van der Waals surface area contributed by atoms with Crippen molar-refractivity contribution in [2.24, 2.45) is 4.99 Å². The molecule has 0 aliphatic heterocycles. The van der Waals surface area contributed by atoms with Crippen LogP contribution in [-0.4, -0.2) is 49.3 Å². The molecule has 0 aromatic carbocycles. The highest BCUT2D eigenvalue weighted by atomic mass is 127. The fraction of sp³-hybridized carbons (Fsp3) is 0.706. The van der Waals surface area contributed by atoms with Gasteiger partial charge in [-0.05, 0) is 33.6 Å². The van der Waals surface area contributed by atoms with Crippen LogP contribution in [-0.2, 0) is 17.6 Å². The molecule has 0 aliphatic carbocycles. The summed E-state index contributed by atoms with van der Waals surface area (Å²) in [6, 6.07) is 0. The Hall–Kier alpha value is -1.10. The SMILES string of the molecule is CCc1cnc(CCNC(=NC)NCCCNC(=O)OC(C)(C)C)s1.I. The zero-order valence-corrected chi connectivity index (χ0v) is 19.5. The summed E-state index contributed by atoms with van der Waals surface area (Å²) >= 11 is 1.76. The van der Waals surface area contributed by atoms with Gasteiger partial charge in [0.05, 0.1) is 5.01 Å². The van der Waals surface area contributed by atoms with E-state index in [1.54, 1.807) is 18.4 Å². The quantitative estimate of drug-likeness (QED) is 0.223. The molecule has 9 heteroatoms. The third kappa shape index (κ3) is 11.5. The van der Waals surface area contributed by atoms with Gasteiger partial charge in [0.2, 0.25) is 0 Å². The first-order valence-electron chi connectivity index (χ1n) is 8.69. The number of rotatable bonds is 8. The van der Waals surface area contributed by atoms with Crippen LogP contribution in [0.25, 0.3) is 0 Å². The maximum atomic E-state index is 11.5. The number of amides is 1. The van der Waals surface area contributed by atoms with Crippen LogP contribution in [0.15, 0.2) is 11.2 Å². The second kappa shape index (κ2) is 13.1. The molecule has 0 fully saturated rings. The highest BCUT2D eigenvalue weighted by molar-refractivity contribution is 14.0. The van der Waals surface area contributed by atoms with Crippen molar-refractivity contribution < 1.29 is 9.53 Å². The molecular weight excluding hydrogens is 465 g/mol. The summed E-state index contributed by atoms with van der Waals surface area (Å²) in [7, 11) is 1.74. The standard InChI is InChI=1S/C17H31N5O2S.HI/c1-6-13-12-22-14(25-13)8-11-20-15(18-5)19-9-7-10-21-16(23)24-17(2,3)4;/h12H,6-11H2,1-5H3,(H,21,23)(H2,18,19,20);1H. The number of hydrogen-bond donors (Lipinski definition) is 3. The first-order valence-corrected chi connectivity index (χ1v) is 9.50. The predicted molar refractivity (Wildman–Crippen MR) is 119 cm³/mol. The van der Waals surface area contributed by atoms with Crippen molar-refractivity contribution in [1.29, 1.82) is 0 Å². The van der Waals surface area contributed by atoms with Crippen molar-refractivity contribution in [3.05, 3.63) is 16.1 Å². The summed E-state index contributed by atoms with van der Waals surface area (Å²) in [6.07, 6.45) is 4.26. The fourth-order valence-electron chi connectivity index (χ4n) is 1.94. The summed E-state index contributed by atoms with van der Waals surface area (Å²) in [5.74, 6) is 0.754. The van der Waals surface area contributed by atoms with E-state index in [1.165, 1.54) is 4.88 Å². The van der Waals surface area contributed by atoms with E-state index in [0.717, 1.165) is 36.8 Å². The van der Waals surface area contributed by atoms with E-state index in [-0.39, 0.29) is 30.1 Å². The fourth-order valence-corrected chi connectivity index (χ4v) is 2.80. The molecule has 7 nitrogen and oxygen atoms in total. The number of hydrogen-bond acceptors (Lipinski definition) is 5. The van der Waals surface area contributed by atoms with Gasteiger partial charge in [-0.1, -0.05) is 6.92 Å². The summed E-state index contributed by atoms with van der Waals surface area (Å²) in [6.45, 7) is 9.73. The highest BCUT2D eigenvalue weighted by Crippen LogP contribution is 2.13. The normalized spacial score (nSPS) is 11.5. The van der Waals surface area contributed by atoms with Gasteiger partial charge < -0.3 is 20.7 Å². The number of guanidine groups is 1. The minimum Gasteiger partial charge on any atom is -0.444 e. The minimum absolute atomic E-state index is 0. The zero-order chi connectivity index (χ0) is 18.7. The molecule has 26 heavy (non-hydrogen) atoms. The van der Waals surface area contributed by atoms with Crippen LogP contribution < -0.4 is 16.0 Å². The number of aliphatic imine (C=N–C) groups is 1. The van der Waals surface area contributed by atoms with Crippen LogP contribution in [0.2, 0.25) is 0 Å². The second-order valence-corrected chi connectivity index (χ2v) is 7.73. The lowest BCUT2D eigenvalue weighted by atomic mass is 10.2. The van der Waals surface area contributed by atoms with E-state index in [2.05, 4.69) is 32.9 Å². The van der Waals surface area contributed by atoms with Gasteiger partial charge in [0, 0.05) is 44.2 Å². The third-order valence-electron chi connectivity index (χ3n) is 3.12. The Kier molecular flexibility index (Phi) is 12.6. The molecule has 0 bridgehead atoms. The van der Waals surface area contributed by atoms with Gasteiger partial charge in [-0.25, -0.2) is 9.78 Å². The maximum absolute atomic E-state index is 11.5. The first-order chi connectivity index (χ1) is 11.8. The number of alkyl carbamates (subject to hydrolysis) is 1. The lowest BCUT2D eigenvalue weighted by Crippen LogP contribution is -2.40. The molecule has 1 aromatic rings. The van der Waals surface area contributed by atoms with Crippen LogP contribution in [0.3, 0.4) is 0 Å². The van der Waals surface area contributed by atoms with Gasteiger partial charge in [0.1, 0.15) is 5.60 Å². The zero-order valence-electron chi connectivity index (χ0n) is 16.3. The molecule has 0 aliphatic rings. The Bertz CT molecular complexity index is 558. The Morgan fingerprint density at radius 1 is 1.23 bits per heavy atom. The Balaban J connectivity index is 0.00000625. The molecule has 0 saturated carbocycles. The molecule has 1 rings (SSSR count). The Morgan fingerprint density at radius 2 is 1.88 bits per heavy atom. The smallest absolute Gasteiger partial charge is 0.407 e. The molecule has 1 amide bonds. The molecule has 0 saturated heterocycles. The lowest BCUT2D eigenvalue weighted by Gasteiger charge is -2.19. The number of carbonyl (C=O) groups is 1. The van der Waals surface area contributed by atoms with Crippen LogP contribution in [0, 0.1) is 0 Å². The summed E-state index contributed by atoms with van der Waals surface area (Å²) < 4.78 is 5.18. The van der Waals surface area contributed by atoms with Gasteiger partial charge in [-0.3, -0.25) is 4.99 Å². The maximum Gasteiger partial charge on any atom is 0.407 e. The number of nitrogens with zero attached hydrogens (tertiary/aromatic N) is 2. The predicted octanol–water partition coefficient (Wildman–Crippen LogP) is 2.95. The van der Waals surface area contributed by atoms with Crippen molar-refractivity contribution >= 4 is 47.4 Å². The third-order valence-corrected chi connectivity index (χ3v) is 4.32. The van der Waals surface area contributed by atoms with E-state index >= 15 is 0 Å². The number of halogens is 1. The molecular formula is C17H32IN5O2S. The van der Waals surface area contributed by atoms with E-state index < -0.39 is 5.60 Å².